The maximum Gasteiger partial charge on any atom is 0.0633 e. The molecule has 0 aromatic carbocycles. The highest BCUT2D eigenvalue weighted by atomic mass is 35.5. The summed E-state index contributed by atoms with van der Waals surface area (Å²) >= 11 is 6.16. The normalized spacial score (nSPS) is 14.8. The van der Waals surface area contributed by atoms with E-state index in [4.69, 9.17) is 11.6 Å². The Morgan fingerprint density at radius 1 is 1.44 bits per heavy atom. The van der Waals surface area contributed by atoms with Gasteiger partial charge in [0.05, 0.1) is 10.7 Å². The quantitative estimate of drug-likeness (QED) is 0.822. The Hall–Kier alpha value is -0.600. The van der Waals surface area contributed by atoms with Crippen LogP contribution in [0.3, 0.4) is 0 Å². The van der Waals surface area contributed by atoms with E-state index >= 15 is 0 Å². The fraction of sp³-hybridized carbons (Fsp3) is 0.615. The minimum atomic E-state index is 0.352. The zero-order chi connectivity index (χ0) is 12.0. The number of nitrogens with one attached hydrogen (secondary N) is 1. The summed E-state index contributed by atoms with van der Waals surface area (Å²) in [6.07, 6.45) is 4.05. The Morgan fingerprint density at radius 2 is 2.19 bits per heavy atom. The Balaban J connectivity index is 2.74. The second-order valence-corrected chi connectivity index (χ2v) is 4.54. The Bertz CT molecular complexity index is 315. The molecule has 0 saturated carbocycles. The number of aromatic nitrogens is 1. The van der Waals surface area contributed by atoms with Crippen LogP contribution in [0, 0.1) is 0 Å². The van der Waals surface area contributed by atoms with Gasteiger partial charge in [0.2, 0.25) is 0 Å². The molecule has 90 valence electrons. The predicted octanol–water partition coefficient (Wildman–Crippen LogP) is 3.62. The topological polar surface area (TPSA) is 24.9 Å². The summed E-state index contributed by atoms with van der Waals surface area (Å²) in [5.74, 6) is 0.352. The zero-order valence-corrected chi connectivity index (χ0v) is 11.1. The van der Waals surface area contributed by atoms with Gasteiger partial charge < -0.3 is 5.32 Å². The molecule has 1 aromatic heterocycles. The molecule has 16 heavy (non-hydrogen) atoms. The van der Waals surface area contributed by atoms with Gasteiger partial charge in [-0.3, -0.25) is 4.98 Å². The standard InChI is InChI=1S/C13H21ClN2/c1-4-8-15-12(5-2)10(3)13-11(14)7-6-9-16-13/h6-7,9-10,12,15H,4-5,8H2,1-3H3. The highest BCUT2D eigenvalue weighted by molar-refractivity contribution is 6.31. The lowest BCUT2D eigenvalue weighted by Crippen LogP contribution is -2.34. The summed E-state index contributed by atoms with van der Waals surface area (Å²) in [4.78, 5) is 4.38. The SMILES string of the molecule is CCCNC(CC)C(C)c1ncccc1Cl. The third-order valence-corrected chi connectivity index (χ3v) is 3.24. The van der Waals surface area contributed by atoms with E-state index < -0.39 is 0 Å². The number of halogens is 1. The first-order valence-electron chi connectivity index (χ1n) is 6.04. The average molecular weight is 241 g/mol. The summed E-state index contributed by atoms with van der Waals surface area (Å²) < 4.78 is 0. The van der Waals surface area contributed by atoms with Gasteiger partial charge in [-0.1, -0.05) is 32.4 Å². The summed E-state index contributed by atoms with van der Waals surface area (Å²) in [6, 6.07) is 4.23. The second kappa shape index (κ2) is 6.87. The van der Waals surface area contributed by atoms with Gasteiger partial charge in [-0.05, 0) is 31.5 Å². The number of nitrogens with zero attached hydrogens (tertiary/aromatic N) is 1. The van der Waals surface area contributed by atoms with E-state index in [9.17, 15) is 0 Å². The number of hydrogen-bond acceptors (Lipinski definition) is 2. The average Bonchev–Trinajstić information content (AvgIpc) is 2.30. The van der Waals surface area contributed by atoms with Crippen molar-refractivity contribution in [2.75, 3.05) is 6.54 Å². The lowest BCUT2D eigenvalue weighted by atomic mass is 9.95. The van der Waals surface area contributed by atoms with Crippen molar-refractivity contribution < 1.29 is 0 Å². The molecule has 1 N–H and O–H groups in total. The van der Waals surface area contributed by atoms with Crippen molar-refractivity contribution in [3.05, 3.63) is 29.0 Å². The van der Waals surface area contributed by atoms with Gasteiger partial charge in [0.25, 0.3) is 0 Å². The molecule has 0 aliphatic heterocycles. The lowest BCUT2D eigenvalue weighted by Gasteiger charge is -2.24. The molecule has 2 atom stereocenters. The first kappa shape index (κ1) is 13.5. The smallest absolute Gasteiger partial charge is 0.0633 e. The van der Waals surface area contributed by atoms with E-state index in [0.717, 1.165) is 30.1 Å². The molecular weight excluding hydrogens is 220 g/mol. The third-order valence-electron chi connectivity index (χ3n) is 2.92. The molecule has 2 unspecified atom stereocenters. The molecule has 0 aliphatic rings. The fourth-order valence-electron chi connectivity index (χ4n) is 1.93. The summed E-state index contributed by atoms with van der Waals surface area (Å²) in [6.45, 7) is 7.61. The molecule has 0 aliphatic carbocycles. The maximum absolute atomic E-state index is 6.16. The van der Waals surface area contributed by atoms with Crippen LogP contribution < -0.4 is 5.32 Å². The molecule has 1 heterocycles. The van der Waals surface area contributed by atoms with Gasteiger partial charge in [-0.2, -0.15) is 0 Å². The van der Waals surface area contributed by atoms with Gasteiger partial charge in [-0.15, -0.1) is 0 Å². The molecule has 0 fully saturated rings. The zero-order valence-electron chi connectivity index (χ0n) is 10.3. The molecule has 0 spiro atoms. The van der Waals surface area contributed by atoms with Crippen LogP contribution in [0.15, 0.2) is 18.3 Å². The fourth-order valence-corrected chi connectivity index (χ4v) is 2.22. The van der Waals surface area contributed by atoms with Crippen LogP contribution in [0.5, 0.6) is 0 Å². The summed E-state index contributed by atoms with van der Waals surface area (Å²) in [7, 11) is 0. The van der Waals surface area contributed by atoms with Crippen molar-refractivity contribution in [1.29, 1.82) is 0 Å². The van der Waals surface area contributed by atoms with Crippen LogP contribution in [0.4, 0.5) is 0 Å². The molecule has 2 nitrogen and oxygen atoms in total. The van der Waals surface area contributed by atoms with Gasteiger partial charge in [0.15, 0.2) is 0 Å². The van der Waals surface area contributed by atoms with Crippen molar-refractivity contribution in [2.24, 2.45) is 0 Å². The van der Waals surface area contributed by atoms with Gasteiger partial charge in [0, 0.05) is 18.2 Å². The van der Waals surface area contributed by atoms with E-state index in [1.165, 1.54) is 0 Å². The van der Waals surface area contributed by atoms with Crippen LogP contribution in [-0.4, -0.2) is 17.6 Å². The summed E-state index contributed by atoms with van der Waals surface area (Å²) in [5.41, 5.74) is 1.000. The minimum Gasteiger partial charge on any atom is -0.313 e. The Morgan fingerprint density at radius 3 is 2.75 bits per heavy atom. The number of rotatable bonds is 6. The van der Waals surface area contributed by atoms with Crippen molar-refractivity contribution in [1.82, 2.24) is 10.3 Å². The Labute approximate surface area is 103 Å². The largest absolute Gasteiger partial charge is 0.313 e. The Kier molecular flexibility index (Phi) is 5.78. The number of pyridine rings is 1. The first-order valence-corrected chi connectivity index (χ1v) is 6.42. The molecule has 0 bridgehead atoms. The van der Waals surface area contributed by atoms with E-state index in [-0.39, 0.29) is 0 Å². The van der Waals surface area contributed by atoms with Crippen LogP contribution in [-0.2, 0) is 0 Å². The van der Waals surface area contributed by atoms with Crippen LogP contribution in [0.1, 0.15) is 45.2 Å². The third kappa shape index (κ3) is 3.46. The van der Waals surface area contributed by atoms with E-state index in [0.29, 0.717) is 12.0 Å². The first-order chi connectivity index (χ1) is 7.70. The van der Waals surface area contributed by atoms with Crippen molar-refractivity contribution in [3.8, 4) is 0 Å². The van der Waals surface area contributed by atoms with Gasteiger partial charge in [-0.25, -0.2) is 0 Å². The molecule has 1 rings (SSSR count). The highest BCUT2D eigenvalue weighted by Crippen LogP contribution is 2.25. The second-order valence-electron chi connectivity index (χ2n) is 4.13. The number of hydrogen-bond donors (Lipinski definition) is 1. The molecule has 0 radical (unpaired) electrons. The molecule has 1 aromatic rings. The lowest BCUT2D eigenvalue weighted by molar-refractivity contribution is 0.433. The highest BCUT2D eigenvalue weighted by Gasteiger charge is 2.19. The van der Waals surface area contributed by atoms with Crippen molar-refractivity contribution in [3.63, 3.8) is 0 Å². The van der Waals surface area contributed by atoms with E-state index in [2.05, 4.69) is 31.1 Å². The summed E-state index contributed by atoms with van der Waals surface area (Å²) in [5, 5.41) is 4.32. The minimum absolute atomic E-state index is 0.352. The monoisotopic (exact) mass is 240 g/mol. The van der Waals surface area contributed by atoms with E-state index in [1.807, 2.05) is 18.3 Å². The van der Waals surface area contributed by atoms with Crippen LogP contribution in [0.2, 0.25) is 5.02 Å². The van der Waals surface area contributed by atoms with E-state index in [1.54, 1.807) is 0 Å². The molecule has 0 saturated heterocycles. The van der Waals surface area contributed by atoms with Gasteiger partial charge >= 0.3 is 0 Å². The molecule has 3 heteroatoms. The molecule has 0 amide bonds. The van der Waals surface area contributed by atoms with Crippen molar-refractivity contribution >= 4 is 11.6 Å². The van der Waals surface area contributed by atoms with Crippen LogP contribution in [0.25, 0.3) is 0 Å². The molecular formula is C13H21ClN2. The van der Waals surface area contributed by atoms with Crippen LogP contribution >= 0.6 is 11.6 Å². The van der Waals surface area contributed by atoms with Crippen molar-refractivity contribution in [2.45, 2.75) is 45.6 Å². The maximum atomic E-state index is 6.16. The van der Waals surface area contributed by atoms with Gasteiger partial charge in [0.1, 0.15) is 0 Å². The predicted molar refractivity (Wildman–Crippen MR) is 70.0 cm³/mol.